The first-order valence-electron chi connectivity index (χ1n) is 27.4. The molecule has 4 aromatic rings. The van der Waals surface area contributed by atoms with Crippen LogP contribution in [0.3, 0.4) is 0 Å². The van der Waals surface area contributed by atoms with Crippen LogP contribution in [0.1, 0.15) is 91.2 Å². The summed E-state index contributed by atoms with van der Waals surface area (Å²) in [4.78, 5) is 4.20. The molecule has 0 heterocycles. The number of aromatic hydroxyl groups is 1. The number of phenolic OH excluding ortho intramolecular Hbond substituents is 1. The highest BCUT2D eigenvalue weighted by Gasteiger charge is 2.27. The van der Waals surface area contributed by atoms with E-state index in [1.54, 1.807) is 50.3 Å². The summed E-state index contributed by atoms with van der Waals surface area (Å²) in [6, 6.07) is 21.0. The van der Waals surface area contributed by atoms with Crippen molar-refractivity contribution in [3.8, 4) is 29.3 Å². The second-order valence-electron chi connectivity index (χ2n) is 17.7. The van der Waals surface area contributed by atoms with Gasteiger partial charge in [0.1, 0.15) is 12.2 Å². The van der Waals surface area contributed by atoms with Gasteiger partial charge in [-0.05, 0) is 138 Å². The summed E-state index contributed by atoms with van der Waals surface area (Å²) in [5.41, 5.74) is 14.1. The summed E-state index contributed by atoms with van der Waals surface area (Å²) in [7, 11) is -7.86. The number of aliphatic hydroxyl groups is 3. The fraction of sp³-hybridized carbons (Fsp3) is 0.491. The molecule has 9 N–H and O–H groups in total. The molecule has 0 unspecified atom stereocenters. The van der Waals surface area contributed by atoms with E-state index in [1.165, 1.54) is 40.6 Å². The normalized spacial score (nSPS) is 11.2. The van der Waals surface area contributed by atoms with Gasteiger partial charge in [0.15, 0.2) is 5.75 Å². The summed E-state index contributed by atoms with van der Waals surface area (Å²) in [6.45, 7) is 19.5. The predicted molar refractivity (Wildman–Crippen MR) is 349 cm³/mol. The molecule has 0 aliphatic carbocycles. The Morgan fingerprint density at radius 3 is 1.41 bits per heavy atom. The summed E-state index contributed by atoms with van der Waals surface area (Å²) in [6.07, 6.45) is 9.01. The van der Waals surface area contributed by atoms with Gasteiger partial charge in [0, 0.05) is 101 Å². The van der Waals surface area contributed by atoms with Crippen LogP contribution < -0.4 is 35.6 Å². The molecule has 484 valence electrons. The number of rotatable bonds is 35. The lowest BCUT2D eigenvalue weighted by Gasteiger charge is -2.24. The number of hydrogen-bond donors (Lipinski definition) is 9. The third-order valence-corrected chi connectivity index (χ3v) is 19.3. The van der Waals surface area contributed by atoms with Gasteiger partial charge in [-0.3, -0.25) is 62.0 Å². The molecular formula is C55H88Cl2N7O17P5. The number of unbranched alkanes of at least 4 members (excludes halogenated alkanes) is 4. The quantitative estimate of drug-likeness (QED) is 0.00680. The first-order valence-corrected chi connectivity index (χ1v) is 35.5. The molecule has 0 bridgehead atoms. The Labute approximate surface area is 520 Å². The summed E-state index contributed by atoms with van der Waals surface area (Å²) in [5, 5.41) is 46.8. The predicted octanol–water partition coefficient (Wildman–Crippen LogP) is 16.1. The van der Waals surface area contributed by atoms with Crippen molar-refractivity contribution >= 4 is 102 Å². The number of likely N-dealkylation sites (N-methyl/N-ethyl adjacent to an activating group) is 1. The van der Waals surface area contributed by atoms with E-state index in [0.29, 0.717) is 55.7 Å². The van der Waals surface area contributed by atoms with E-state index >= 15 is 0 Å². The van der Waals surface area contributed by atoms with Crippen molar-refractivity contribution < 1.29 is 79.5 Å². The lowest BCUT2D eigenvalue weighted by atomic mass is 10.1. The van der Waals surface area contributed by atoms with Crippen LogP contribution in [0.2, 0.25) is 10.0 Å². The van der Waals surface area contributed by atoms with Gasteiger partial charge < -0.3 is 30.2 Å². The molecular weight excluding hydrogens is 1260 g/mol. The molecule has 4 aromatic carbocycles. The largest absolute Gasteiger partial charge is 0.505 e. The molecule has 0 spiro atoms. The molecule has 0 saturated carbocycles. The lowest BCUT2D eigenvalue weighted by molar-refractivity contribution is 0.202. The van der Waals surface area contributed by atoms with Crippen LogP contribution >= 0.6 is 62.3 Å². The van der Waals surface area contributed by atoms with Crippen LogP contribution in [0, 0.1) is 37.4 Å². The van der Waals surface area contributed by atoms with Crippen LogP contribution in [0.15, 0.2) is 72.8 Å². The second kappa shape index (κ2) is 43.2. The minimum atomic E-state index is -3.53. The molecule has 31 heteroatoms. The molecule has 0 radical (unpaired) electrons. The van der Waals surface area contributed by atoms with E-state index in [0.717, 1.165) is 79.8 Å². The molecule has 24 nitrogen and oxygen atoms in total. The van der Waals surface area contributed by atoms with Crippen molar-refractivity contribution in [3.63, 3.8) is 0 Å². The smallest absolute Gasteiger partial charge is 0.432 e. The van der Waals surface area contributed by atoms with E-state index in [4.69, 9.17) is 79.3 Å². The van der Waals surface area contributed by atoms with Gasteiger partial charge in [-0.1, -0.05) is 62.7 Å². The molecule has 0 aliphatic heterocycles. The number of hydrogen-bond acceptors (Lipinski definition) is 20. The maximum absolute atomic E-state index is 12.9. The Morgan fingerprint density at radius 1 is 0.558 bits per heavy atom. The van der Waals surface area contributed by atoms with Gasteiger partial charge in [0.2, 0.25) is 8.15 Å². The monoisotopic (exact) mass is 1340 g/mol. The number of halogens is 2. The minimum absolute atomic E-state index is 0.0634. The highest BCUT2D eigenvalue weighted by molar-refractivity contribution is 7.63. The lowest BCUT2D eigenvalue weighted by Crippen LogP contribution is -2.26. The van der Waals surface area contributed by atoms with Gasteiger partial charge >= 0.3 is 31.0 Å². The molecule has 0 fully saturated rings. The summed E-state index contributed by atoms with van der Waals surface area (Å²) < 4.78 is 95.1. The zero-order valence-corrected chi connectivity index (χ0v) is 57.3. The Hall–Kier alpha value is -4.47. The number of aliphatic hydroxyl groups excluding tert-OH is 3. The molecule has 0 atom stereocenters. The summed E-state index contributed by atoms with van der Waals surface area (Å²) in [5.74, 6) is -0.216. The highest BCUT2D eigenvalue weighted by Crippen LogP contribution is 2.51. The van der Waals surface area contributed by atoms with E-state index in [-0.39, 0.29) is 22.4 Å². The number of benzene rings is 4. The molecule has 86 heavy (non-hydrogen) atoms. The van der Waals surface area contributed by atoms with Gasteiger partial charge in [-0.2, -0.15) is 0 Å². The summed E-state index contributed by atoms with van der Waals surface area (Å²) >= 11 is 11.8. The van der Waals surface area contributed by atoms with Crippen LogP contribution in [0.5, 0.6) is 5.75 Å². The van der Waals surface area contributed by atoms with Crippen molar-refractivity contribution in [3.05, 3.63) is 94.0 Å². The van der Waals surface area contributed by atoms with Crippen molar-refractivity contribution in [2.45, 2.75) is 93.9 Å². The molecule has 0 amide bonds. The molecule has 0 saturated heterocycles. The maximum Gasteiger partial charge on any atom is 0.432 e. The zero-order chi connectivity index (χ0) is 64.8. The number of nitrogens with one attached hydrogen (secondary N) is 5. The van der Waals surface area contributed by atoms with E-state index in [9.17, 15) is 23.4 Å². The second-order valence-corrected chi connectivity index (χ2v) is 27.1. The number of nitrogens with zero attached hydrogens (tertiary/aromatic N) is 2. The van der Waals surface area contributed by atoms with Gasteiger partial charge in [-0.25, -0.2) is 22.9 Å². The van der Waals surface area contributed by atoms with Crippen LogP contribution in [0.4, 0.5) is 39.8 Å². The Kier molecular flexibility index (Phi) is 40.0. The number of aryl methyl sites for hydroxylation is 2. The number of anilines is 7. The fourth-order valence-electron chi connectivity index (χ4n) is 6.82. The third-order valence-electron chi connectivity index (χ3n) is 11.5. The van der Waals surface area contributed by atoms with Crippen molar-refractivity contribution in [1.82, 2.24) is 0 Å². The van der Waals surface area contributed by atoms with Gasteiger partial charge in [0.25, 0.3) is 0 Å². The fourth-order valence-corrected chi connectivity index (χ4v) is 12.3. The van der Waals surface area contributed by atoms with E-state index in [1.807, 2.05) is 64.2 Å². The Bertz CT molecular complexity index is 2850. The molecule has 0 aliphatic rings. The average Bonchev–Trinajstić information content (AvgIpc) is 2.52. The van der Waals surface area contributed by atoms with Crippen LogP contribution in [0.25, 0.3) is 0 Å². The standard InChI is InChI=1S/C16H26Cl2NO4P.C14H25N2O3P.C13H23N2O4P.C12H14N2O6P2/c1-3-5-7-9-22-24(21,23-10-8-6-4-2)19-13-11-14(17)16(20)15(18)12-13;1-6-16(5)13-9-10-14(12(4)11-13)15-20(17,18-7-2)19-8-3;1-5-15(8-9-16)12-6-7-13(11(2)10-12)14-20(17,18-3)19-4;1-18-22(17,19-2)14-12-5-3-11(4-6-12)13-20-21(9-7-15)10-8-16/h11-12,20H,3-10H2,1-2H3,(H,19,21);9-11H,6-8H2,1-5H3,(H,15,17);6-7,10,16H,5,8-9H2,1-4H3,(H,14,17);3-6,13,15-16H,1-2H3,(H,14,17). The Morgan fingerprint density at radius 2 is 0.988 bits per heavy atom. The number of phenols is 1. The first-order chi connectivity index (χ1) is 40.9. The molecule has 0 aromatic heterocycles. The average molecular weight is 1350 g/mol. The van der Waals surface area contributed by atoms with Crippen molar-refractivity contribution in [2.75, 3.05) is 124 Å². The van der Waals surface area contributed by atoms with Gasteiger partial charge in [-0.15, -0.1) is 0 Å². The highest BCUT2D eigenvalue weighted by atomic mass is 35.5. The van der Waals surface area contributed by atoms with Crippen LogP contribution in [-0.2, 0) is 59.1 Å². The van der Waals surface area contributed by atoms with Crippen molar-refractivity contribution in [1.29, 1.82) is 0 Å². The Balaban J connectivity index is 0.000000575. The topological polar surface area (TPSA) is 299 Å². The van der Waals surface area contributed by atoms with E-state index in [2.05, 4.69) is 67.7 Å². The molecule has 4 rings (SSSR count). The maximum atomic E-state index is 12.9. The first kappa shape index (κ1) is 79.5. The van der Waals surface area contributed by atoms with Crippen molar-refractivity contribution in [2.24, 2.45) is 0 Å². The third kappa shape index (κ3) is 30.2. The zero-order valence-electron chi connectivity index (χ0n) is 51.3. The van der Waals surface area contributed by atoms with Gasteiger partial charge in [0.05, 0.1) is 48.8 Å². The van der Waals surface area contributed by atoms with E-state index < -0.39 is 39.1 Å². The minimum Gasteiger partial charge on any atom is -0.505 e. The SMILES string of the molecule is CCCCCOP(=O)(Nc1cc(Cl)c(O)c(Cl)c1)OCCCCC.CCN(CCO)c1ccc(NP(=O)(OC)OC)c(C)c1.CCOP(=O)(Nc1ccc(N(C)CC)cc1C)OCC.COP(=O)(Nc1ccc(NOP(C#CO)C#CO)cc1)OC. The van der Waals surface area contributed by atoms with Crippen LogP contribution in [-0.4, -0.2) is 109 Å².